The van der Waals surface area contributed by atoms with E-state index in [9.17, 15) is 9.90 Å². The summed E-state index contributed by atoms with van der Waals surface area (Å²) in [5.41, 5.74) is -0.416. The van der Waals surface area contributed by atoms with Gasteiger partial charge in [0.2, 0.25) is 0 Å². The number of rotatable bonds is 5. The minimum atomic E-state index is -1.36. The highest BCUT2D eigenvalue weighted by Crippen LogP contribution is 2.19. The van der Waals surface area contributed by atoms with Crippen LogP contribution in [0.15, 0.2) is 40.9 Å². The third-order valence-corrected chi connectivity index (χ3v) is 2.77. The van der Waals surface area contributed by atoms with Gasteiger partial charge >= 0.3 is 0 Å². The highest BCUT2D eigenvalue weighted by atomic mass is 16.5. The van der Waals surface area contributed by atoms with Gasteiger partial charge in [-0.3, -0.25) is 4.79 Å². The fourth-order valence-corrected chi connectivity index (χ4v) is 1.54. The zero-order chi connectivity index (χ0) is 14.6. The fraction of sp³-hybridized carbons (Fsp3) is 0.286. The normalized spacial score (nSPS) is 13.8. The molecule has 2 rings (SSSR count). The van der Waals surface area contributed by atoms with Gasteiger partial charge in [0, 0.05) is 18.2 Å². The van der Waals surface area contributed by atoms with Crippen LogP contribution < -0.4 is 5.32 Å². The first-order valence-corrected chi connectivity index (χ1v) is 6.15. The highest BCUT2D eigenvalue weighted by molar-refractivity contribution is 5.93. The first kappa shape index (κ1) is 14.2. The molecule has 0 bridgehead atoms. The van der Waals surface area contributed by atoms with Crippen LogP contribution in [0.4, 0.5) is 0 Å². The van der Waals surface area contributed by atoms with Gasteiger partial charge in [-0.05, 0) is 6.92 Å². The van der Waals surface area contributed by atoms with E-state index < -0.39 is 18.1 Å². The van der Waals surface area contributed by atoms with Crippen LogP contribution in [-0.4, -0.2) is 40.0 Å². The van der Waals surface area contributed by atoms with Crippen molar-refractivity contribution >= 4 is 5.91 Å². The summed E-state index contributed by atoms with van der Waals surface area (Å²) in [6, 6.07) is 10.8. The average molecular weight is 276 g/mol. The fourth-order valence-electron chi connectivity index (χ4n) is 1.54. The lowest BCUT2D eigenvalue weighted by Crippen LogP contribution is -2.43. The van der Waals surface area contributed by atoms with Crippen LogP contribution in [0.3, 0.4) is 0 Å². The van der Waals surface area contributed by atoms with Gasteiger partial charge < -0.3 is 20.1 Å². The topological polar surface area (TPSA) is 95.6 Å². The summed E-state index contributed by atoms with van der Waals surface area (Å²) < 4.78 is 5.11. The summed E-state index contributed by atoms with van der Waals surface area (Å²) >= 11 is 0. The van der Waals surface area contributed by atoms with Gasteiger partial charge in [0.25, 0.3) is 5.91 Å². The van der Waals surface area contributed by atoms with Crippen molar-refractivity contribution < 1.29 is 19.5 Å². The minimum Gasteiger partial charge on any atom is -0.393 e. The molecule has 0 saturated carbocycles. The maximum atomic E-state index is 11.8. The van der Waals surface area contributed by atoms with Crippen molar-refractivity contribution in [3.63, 3.8) is 0 Å². The van der Waals surface area contributed by atoms with E-state index >= 15 is 0 Å². The first-order valence-electron chi connectivity index (χ1n) is 6.15. The van der Waals surface area contributed by atoms with Crippen molar-refractivity contribution in [2.75, 3.05) is 13.2 Å². The number of nitrogens with one attached hydrogen (secondary N) is 1. The Bertz CT molecular complexity index is 578. The molecule has 0 aliphatic carbocycles. The quantitative estimate of drug-likeness (QED) is 0.751. The molecule has 0 spiro atoms. The van der Waals surface area contributed by atoms with E-state index in [2.05, 4.69) is 10.5 Å². The number of carbonyl (C=O) groups excluding carboxylic acids is 1. The molecule has 3 N–H and O–H groups in total. The zero-order valence-corrected chi connectivity index (χ0v) is 11.0. The molecule has 0 aliphatic rings. The number of aliphatic hydroxyl groups excluding tert-OH is 1. The second-order valence-electron chi connectivity index (χ2n) is 4.78. The van der Waals surface area contributed by atoms with E-state index in [1.54, 1.807) is 0 Å². The van der Waals surface area contributed by atoms with Crippen molar-refractivity contribution in [3.8, 4) is 11.3 Å². The standard InChI is InChI=1S/C14H16N2O4/c1-14(19,9-17)8-15-13(18)11-7-12(20-16-11)10-5-3-2-4-6-10/h2-7,17,19H,8-9H2,1H3,(H,15,18). The van der Waals surface area contributed by atoms with Gasteiger partial charge in [0.15, 0.2) is 11.5 Å². The van der Waals surface area contributed by atoms with Gasteiger partial charge in [-0.2, -0.15) is 0 Å². The van der Waals surface area contributed by atoms with Crippen molar-refractivity contribution in [1.82, 2.24) is 10.5 Å². The van der Waals surface area contributed by atoms with Crippen molar-refractivity contribution in [1.29, 1.82) is 0 Å². The Morgan fingerprint density at radius 1 is 1.40 bits per heavy atom. The van der Waals surface area contributed by atoms with Crippen LogP contribution in [0, 0.1) is 0 Å². The molecule has 0 fully saturated rings. The van der Waals surface area contributed by atoms with Crippen molar-refractivity contribution in [2.45, 2.75) is 12.5 Å². The number of aromatic nitrogens is 1. The lowest BCUT2D eigenvalue weighted by Gasteiger charge is -2.19. The summed E-state index contributed by atoms with van der Waals surface area (Å²) in [5, 5.41) is 24.7. The summed E-state index contributed by atoms with van der Waals surface area (Å²) in [5.74, 6) is 0.0225. The van der Waals surface area contributed by atoms with Crippen LogP contribution in [-0.2, 0) is 0 Å². The summed E-state index contributed by atoms with van der Waals surface area (Å²) in [7, 11) is 0. The second-order valence-corrected chi connectivity index (χ2v) is 4.78. The Hall–Kier alpha value is -2.18. The molecule has 1 unspecified atom stereocenters. The Labute approximate surface area is 116 Å². The van der Waals surface area contributed by atoms with Gasteiger partial charge in [-0.25, -0.2) is 0 Å². The number of benzene rings is 1. The predicted octanol–water partition coefficient (Wildman–Crippen LogP) is 0.815. The van der Waals surface area contributed by atoms with Crippen LogP contribution in [0.25, 0.3) is 11.3 Å². The molecule has 1 aromatic carbocycles. The van der Waals surface area contributed by atoms with Crippen LogP contribution in [0.5, 0.6) is 0 Å². The Morgan fingerprint density at radius 2 is 2.10 bits per heavy atom. The molecule has 1 atom stereocenters. The molecule has 106 valence electrons. The Balaban J connectivity index is 2.04. The number of hydrogen-bond acceptors (Lipinski definition) is 5. The highest BCUT2D eigenvalue weighted by Gasteiger charge is 2.21. The van der Waals surface area contributed by atoms with E-state index in [0.29, 0.717) is 5.76 Å². The largest absolute Gasteiger partial charge is 0.393 e. The van der Waals surface area contributed by atoms with Gasteiger partial charge in [-0.1, -0.05) is 35.5 Å². The first-order chi connectivity index (χ1) is 9.52. The van der Waals surface area contributed by atoms with Crippen molar-refractivity contribution in [2.24, 2.45) is 0 Å². The SMILES string of the molecule is CC(O)(CO)CNC(=O)c1cc(-c2ccccc2)on1. The molecule has 1 aromatic heterocycles. The van der Waals surface area contributed by atoms with Crippen LogP contribution >= 0.6 is 0 Å². The number of nitrogens with zero attached hydrogens (tertiary/aromatic N) is 1. The summed E-state index contributed by atoms with van der Waals surface area (Å²) in [4.78, 5) is 11.8. The molecule has 0 saturated heterocycles. The molecule has 6 nitrogen and oxygen atoms in total. The Morgan fingerprint density at radius 3 is 2.75 bits per heavy atom. The van der Waals surface area contributed by atoms with E-state index in [1.807, 2.05) is 30.3 Å². The number of aliphatic hydroxyl groups is 2. The van der Waals surface area contributed by atoms with Gasteiger partial charge in [0.05, 0.1) is 6.61 Å². The van der Waals surface area contributed by atoms with Crippen molar-refractivity contribution in [3.05, 3.63) is 42.1 Å². The molecule has 2 aromatic rings. The average Bonchev–Trinajstić information content (AvgIpc) is 2.96. The lowest BCUT2D eigenvalue weighted by molar-refractivity contribution is 0.00313. The number of amides is 1. The molecular weight excluding hydrogens is 260 g/mol. The van der Waals surface area contributed by atoms with Gasteiger partial charge in [0.1, 0.15) is 5.60 Å². The molecular formula is C14H16N2O4. The molecule has 0 aliphatic heterocycles. The third-order valence-electron chi connectivity index (χ3n) is 2.77. The van der Waals surface area contributed by atoms with E-state index in [1.165, 1.54) is 13.0 Å². The molecule has 1 amide bonds. The molecule has 1 heterocycles. The number of hydrogen-bond donors (Lipinski definition) is 3. The Kier molecular flexibility index (Phi) is 4.16. The van der Waals surface area contributed by atoms with E-state index in [-0.39, 0.29) is 12.2 Å². The predicted molar refractivity (Wildman–Crippen MR) is 72.0 cm³/mol. The molecule has 6 heteroatoms. The molecule has 0 radical (unpaired) electrons. The zero-order valence-electron chi connectivity index (χ0n) is 11.0. The minimum absolute atomic E-state index is 0.0735. The van der Waals surface area contributed by atoms with Gasteiger partial charge in [-0.15, -0.1) is 0 Å². The van der Waals surface area contributed by atoms with E-state index in [4.69, 9.17) is 9.63 Å². The van der Waals surface area contributed by atoms with E-state index in [0.717, 1.165) is 5.56 Å². The monoisotopic (exact) mass is 276 g/mol. The van der Waals surface area contributed by atoms with Crippen LogP contribution in [0.2, 0.25) is 0 Å². The maximum Gasteiger partial charge on any atom is 0.273 e. The number of carbonyl (C=O) groups is 1. The molecule has 20 heavy (non-hydrogen) atoms. The lowest BCUT2D eigenvalue weighted by atomic mass is 10.1. The maximum absolute atomic E-state index is 11.8. The summed E-state index contributed by atoms with van der Waals surface area (Å²) in [6.45, 7) is 0.905. The second kappa shape index (κ2) is 5.85. The third kappa shape index (κ3) is 3.43. The summed E-state index contributed by atoms with van der Waals surface area (Å²) in [6.07, 6.45) is 0. The van der Waals surface area contributed by atoms with Crippen LogP contribution in [0.1, 0.15) is 17.4 Å². The smallest absolute Gasteiger partial charge is 0.273 e.